The smallest absolute Gasteiger partial charge is 0.134 e. The second kappa shape index (κ2) is 5.73. The monoisotopic (exact) mass is 263 g/mol. The summed E-state index contributed by atoms with van der Waals surface area (Å²) in [5, 5.41) is 3.60. The Bertz CT molecular complexity index is 526. The van der Waals surface area contributed by atoms with Crippen LogP contribution in [-0.2, 0) is 13.0 Å². The van der Waals surface area contributed by atoms with Crippen LogP contribution < -0.4 is 5.32 Å². The molecule has 94 valence electrons. The third-order valence-corrected chi connectivity index (χ3v) is 2.54. The number of aryl methyl sites for hydroxylation is 2. The lowest BCUT2D eigenvalue weighted by atomic mass is 10.4. The molecule has 0 saturated carbocycles. The molecule has 0 atom stereocenters. The Labute approximate surface area is 111 Å². The van der Waals surface area contributed by atoms with Gasteiger partial charge in [-0.15, -0.1) is 0 Å². The topological polar surface area (TPSA) is 63.6 Å². The highest BCUT2D eigenvalue weighted by molar-refractivity contribution is 6.29. The maximum Gasteiger partial charge on any atom is 0.134 e. The van der Waals surface area contributed by atoms with Crippen molar-refractivity contribution in [1.82, 2.24) is 19.9 Å². The highest BCUT2D eigenvalue weighted by atomic mass is 35.5. The van der Waals surface area contributed by atoms with Gasteiger partial charge in [0.25, 0.3) is 0 Å². The van der Waals surface area contributed by atoms with E-state index in [1.165, 1.54) is 0 Å². The standard InChI is InChI=1S/C12H14ClN5/c1-3-11-17-10(13)4-12(18-11)16-7-9-6-14-8(2)5-15-9/h4-6H,3,7H2,1-2H3,(H,16,17,18). The van der Waals surface area contributed by atoms with E-state index in [9.17, 15) is 0 Å². The maximum absolute atomic E-state index is 5.91. The lowest BCUT2D eigenvalue weighted by molar-refractivity contribution is 0.922. The fourth-order valence-electron chi connectivity index (χ4n) is 1.41. The summed E-state index contributed by atoms with van der Waals surface area (Å²) in [6.07, 6.45) is 4.23. The third kappa shape index (κ3) is 3.37. The van der Waals surface area contributed by atoms with Gasteiger partial charge in [0.05, 0.1) is 24.1 Å². The summed E-state index contributed by atoms with van der Waals surface area (Å²) >= 11 is 5.91. The van der Waals surface area contributed by atoms with Crippen molar-refractivity contribution in [3.63, 3.8) is 0 Å². The molecule has 0 amide bonds. The van der Waals surface area contributed by atoms with Crippen LogP contribution >= 0.6 is 11.6 Å². The first-order valence-electron chi connectivity index (χ1n) is 5.72. The largest absolute Gasteiger partial charge is 0.364 e. The number of hydrogen-bond donors (Lipinski definition) is 1. The minimum atomic E-state index is 0.444. The van der Waals surface area contributed by atoms with Gasteiger partial charge in [-0.3, -0.25) is 9.97 Å². The summed E-state index contributed by atoms with van der Waals surface area (Å²) in [5.41, 5.74) is 1.76. The average molecular weight is 264 g/mol. The van der Waals surface area contributed by atoms with Gasteiger partial charge in [-0.05, 0) is 6.92 Å². The van der Waals surface area contributed by atoms with Crippen molar-refractivity contribution < 1.29 is 0 Å². The van der Waals surface area contributed by atoms with Crippen molar-refractivity contribution >= 4 is 17.4 Å². The zero-order valence-electron chi connectivity index (χ0n) is 10.3. The molecule has 0 aliphatic heterocycles. The van der Waals surface area contributed by atoms with Crippen LogP contribution in [0.15, 0.2) is 18.5 Å². The summed E-state index contributed by atoms with van der Waals surface area (Å²) in [4.78, 5) is 16.9. The molecule has 1 N–H and O–H groups in total. The zero-order chi connectivity index (χ0) is 13.0. The molecule has 0 unspecified atom stereocenters. The Morgan fingerprint density at radius 2 is 2.06 bits per heavy atom. The van der Waals surface area contributed by atoms with Gasteiger partial charge in [0.1, 0.15) is 16.8 Å². The number of hydrogen-bond acceptors (Lipinski definition) is 5. The molecule has 0 spiro atoms. The van der Waals surface area contributed by atoms with Crippen molar-refractivity contribution in [3.8, 4) is 0 Å². The van der Waals surface area contributed by atoms with Gasteiger partial charge in [-0.1, -0.05) is 18.5 Å². The first kappa shape index (κ1) is 12.7. The van der Waals surface area contributed by atoms with Gasteiger partial charge in [-0.25, -0.2) is 9.97 Å². The van der Waals surface area contributed by atoms with E-state index in [2.05, 4.69) is 25.3 Å². The van der Waals surface area contributed by atoms with Crippen LogP contribution in [0.5, 0.6) is 0 Å². The first-order valence-corrected chi connectivity index (χ1v) is 6.10. The predicted octanol–water partition coefficient (Wildman–Crippen LogP) is 2.40. The van der Waals surface area contributed by atoms with Crippen LogP contribution in [0.1, 0.15) is 24.1 Å². The highest BCUT2D eigenvalue weighted by Gasteiger charge is 2.02. The normalized spacial score (nSPS) is 10.4. The van der Waals surface area contributed by atoms with Crippen molar-refractivity contribution in [2.24, 2.45) is 0 Å². The van der Waals surface area contributed by atoms with E-state index in [1.54, 1.807) is 18.5 Å². The molecule has 0 aliphatic rings. The molecule has 18 heavy (non-hydrogen) atoms. The number of rotatable bonds is 4. The fraction of sp³-hybridized carbons (Fsp3) is 0.333. The molecule has 6 heteroatoms. The number of halogens is 1. The van der Waals surface area contributed by atoms with Gasteiger partial charge < -0.3 is 5.32 Å². The van der Waals surface area contributed by atoms with Crippen LogP contribution in [0, 0.1) is 6.92 Å². The summed E-state index contributed by atoms with van der Waals surface area (Å²) in [5.74, 6) is 1.43. The molecule has 2 aromatic heterocycles. The molecule has 5 nitrogen and oxygen atoms in total. The SMILES string of the molecule is CCc1nc(Cl)cc(NCc2cnc(C)cn2)n1. The molecule has 2 rings (SSSR count). The number of nitrogens with zero attached hydrogens (tertiary/aromatic N) is 4. The van der Waals surface area contributed by atoms with Crippen LogP contribution in [-0.4, -0.2) is 19.9 Å². The quantitative estimate of drug-likeness (QED) is 0.858. The zero-order valence-corrected chi connectivity index (χ0v) is 11.1. The van der Waals surface area contributed by atoms with Gasteiger partial charge in [0.15, 0.2) is 0 Å². The lowest BCUT2D eigenvalue weighted by Gasteiger charge is -2.06. The molecule has 0 aliphatic carbocycles. The lowest BCUT2D eigenvalue weighted by Crippen LogP contribution is -2.06. The van der Waals surface area contributed by atoms with E-state index < -0.39 is 0 Å². The Balaban J connectivity index is 2.05. The molecule has 0 fully saturated rings. The number of aromatic nitrogens is 4. The summed E-state index contributed by atoms with van der Waals surface area (Å²) < 4.78 is 0. The first-order chi connectivity index (χ1) is 8.67. The molecule has 2 heterocycles. The predicted molar refractivity (Wildman–Crippen MR) is 70.5 cm³/mol. The van der Waals surface area contributed by atoms with Crippen molar-refractivity contribution in [1.29, 1.82) is 0 Å². The van der Waals surface area contributed by atoms with Crippen LogP contribution in [0.25, 0.3) is 0 Å². The summed E-state index contributed by atoms with van der Waals surface area (Å²) in [6, 6.07) is 1.70. The van der Waals surface area contributed by atoms with E-state index in [4.69, 9.17) is 11.6 Å². The Morgan fingerprint density at radius 1 is 1.22 bits per heavy atom. The Morgan fingerprint density at radius 3 is 2.72 bits per heavy atom. The second-order valence-electron chi connectivity index (χ2n) is 3.85. The van der Waals surface area contributed by atoms with Gasteiger partial charge in [-0.2, -0.15) is 0 Å². The van der Waals surface area contributed by atoms with E-state index >= 15 is 0 Å². The van der Waals surface area contributed by atoms with Gasteiger partial charge in [0, 0.05) is 18.7 Å². The minimum Gasteiger partial charge on any atom is -0.364 e. The second-order valence-corrected chi connectivity index (χ2v) is 4.24. The minimum absolute atomic E-state index is 0.444. The summed E-state index contributed by atoms with van der Waals surface area (Å²) in [6.45, 7) is 4.45. The van der Waals surface area contributed by atoms with E-state index in [0.717, 1.165) is 23.6 Å². The Hall–Kier alpha value is -1.75. The highest BCUT2D eigenvalue weighted by Crippen LogP contribution is 2.12. The fourth-order valence-corrected chi connectivity index (χ4v) is 1.61. The number of anilines is 1. The molecular formula is C12H14ClN5. The van der Waals surface area contributed by atoms with Crippen LogP contribution in [0.3, 0.4) is 0 Å². The van der Waals surface area contributed by atoms with Gasteiger partial charge in [0.2, 0.25) is 0 Å². The molecule has 0 bridgehead atoms. The molecule has 2 aromatic rings. The van der Waals surface area contributed by atoms with Crippen LogP contribution in [0.2, 0.25) is 5.15 Å². The van der Waals surface area contributed by atoms with E-state index in [0.29, 0.717) is 17.5 Å². The van der Waals surface area contributed by atoms with Crippen molar-refractivity contribution in [2.75, 3.05) is 5.32 Å². The van der Waals surface area contributed by atoms with Gasteiger partial charge >= 0.3 is 0 Å². The Kier molecular flexibility index (Phi) is 4.04. The van der Waals surface area contributed by atoms with Crippen molar-refractivity contribution in [2.45, 2.75) is 26.8 Å². The van der Waals surface area contributed by atoms with E-state index in [-0.39, 0.29) is 0 Å². The maximum atomic E-state index is 5.91. The summed E-state index contributed by atoms with van der Waals surface area (Å²) in [7, 11) is 0. The molecule has 0 radical (unpaired) electrons. The van der Waals surface area contributed by atoms with E-state index in [1.807, 2.05) is 13.8 Å². The molecular weight excluding hydrogens is 250 g/mol. The van der Waals surface area contributed by atoms with Crippen LogP contribution in [0.4, 0.5) is 5.82 Å². The average Bonchev–Trinajstić information content (AvgIpc) is 2.37. The molecule has 0 saturated heterocycles. The van der Waals surface area contributed by atoms with Crippen molar-refractivity contribution in [3.05, 3.63) is 40.8 Å². The molecule has 0 aromatic carbocycles. The number of nitrogens with one attached hydrogen (secondary N) is 1. The third-order valence-electron chi connectivity index (χ3n) is 2.34.